The van der Waals surface area contributed by atoms with Gasteiger partial charge in [0.15, 0.2) is 0 Å². The van der Waals surface area contributed by atoms with E-state index in [4.69, 9.17) is 4.74 Å². The lowest BCUT2D eigenvalue weighted by Crippen LogP contribution is -2.10. The summed E-state index contributed by atoms with van der Waals surface area (Å²) in [5.41, 5.74) is 3.04. The number of hydrogen-bond donors (Lipinski definition) is 1. The lowest BCUT2D eigenvalue weighted by atomic mass is 9.93. The standard InChI is InChI=1S/C20H22O4/c1-13(2)11-15-7-4-5-8-16(15)12-17-9-6-10-18(20(22)23)19(17)24-14(3)21/h4-10,13H,11-12H2,1-3H3,(H,22,23). The molecule has 0 saturated carbocycles. The highest BCUT2D eigenvalue weighted by atomic mass is 16.5. The normalized spacial score (nSPS) is 10.7. The van der Waals surface area contributed by atoms with Crippen LogP contribution in [0.4, 0.5) is 0 Å². The smallest absolute Gasteiger partial charge is 0.339 e. The predicted octanol–water partition coefficient (Wildman–Crippen LogP) is 4.10. The summed E-state index contributed by atoms with van der Waals surface area (Å²) in [5.74, 6) is -0.981. The Hall–Kier alpha value is -2.62. The minimum absolute atomic E-state index is 0.00374. The van der Waals surface area contributed by atoms with E-state index < -0.39 is 11.9 Å². The Morgan fingerprint density at radius 1 is 1.00 bits per heavy atom. The Balaban J connectivity index is 2.45. The molecule has 0 bridgehead atoms. The molecule has 126 valence electrons. The van der Waals surface area contributed by atoms with Crippen molar-refractivity contribution in [2.24, 2.45) is 5.92 Å². The maximum Gasteiger partial charge on any atom is 0.339 e. The summed E-state index contributed by atoms with van der Waals surface area (Å²) in [6.07, 6.45) is 1.46. The van der Waals surface area contributed by atoms with Gasteiger partial charge in [-0.15, -0.1) is 0 Å². The molecule has 0 aliphatic carbocycles. The van der Waals surface area contributed by atoms with E-state index in [2.05, 4.69) is 19.9 Å². The van der Waals surface area contributed by atoms with Gasteiger partial charge in [-0.3, -0.25) is 4.79 Å². The molecule has 0 aromatic heterocycles. The van der Waals surface area contributed by atoms with Gasteiger partial charge in [-0.05, 0) is 29.5 Å². The second kappa shape index (κ2) is 7.77. The van der Waals surface area contributed by atoms with E-state index in [0.717, 1.165) is 12.0 Å². The topological polar surface area (TPSA) is 63.6 Å². The van der Waals surface area contributed by atoms with Gasteiger partial charge in [-0.2, -0.15) is 0 Å². The molecular weight excluding hydrogens is 304 g/mol. The first-order chi connectivity index (χ1) is 11.4. The van der Waals surface area contributed by atoms with Gasteiger partial charge in [-0.1, -0.05) is 50.2 Å². The van der Waals surface area contributed by atoms with Gasteiger partial charge in [0.05, 0.1) is 0 Å². The molecule has 0 fully saturated rings. The summed E-state index contributed by atoms with van der Waals surface area (Å²) < 4.78 is 5.21. The number of benzene rings is 2. The van der Waals surface area contributed by atoms with E-state index >= 15 is 0 Å². The SMILES string of the molecule is CC(=O)Oc1c(Cc2ccccc2CC(C)C)cccc1C(=O)O. The van der Waals surface area contributed by atoms with Gasteiger partial charge in [0.2, 0.25) is 0 Å². The van der Waals surface area contributed by atoms with Crippen LogP contribution >= 0.6 is 0 Å². The van der Waals surface area contributed by atoms with Crippen molar-refractivity contribution >= 4 is 11.9 Å². The number of aromatic carboxylic acids is 1. The molecule has 24 heavy (non-hydrogen) atoms. The fraction of sp³-hybridized carbons (Fsp3) is 0.300. The average Bonchev–Trinajstić information content (AvgIpc) is 2.49. The second-order valence-corrected chi connectivity index (χ2v) is 6.24. The molecule has 0 aliphatic rings. The first kappa shape index (κ1) is 17.7. The Labute approximate surface area is 142 Å². The Kier molecular flexibility index (Phi) is 5.74. The van der Waals surface area contributed by atoms with Crippen LogP contribution in [-0.2, 0) is 17.6 Å². The zero-order valence-corrected chi connectivity index (χ0v) is 14.2. The number of esters is 1. The summed E-state index contributed by atoms with van der Waals surface area (Å²) >= 11 is 0. The van der Waals surface area contributed by atoms with Crippen molar-refractivity contribution in [2.45, 2.75) is 33.6 Å². The third-order valence-corrected chi connectivity index (χ3v) is 3.70. The van der Waals surface area contributed by atoms with E-state index in [1.807, 2.05) is 18.2 Å². The highest BCUT2D eigenvalue weighted by Crippen LogP contribution is 2.28. The maximum absolute atomic E-state index is 11.4. The van der Waals surface area contributed by atoms with E-state index in [1.54, 1.807) is 12.1 Å². The van der Waals surface area contributed by atoms with Crippen LogP contribution in [0.25, 0.3) is 0 Å². The summed E-state index contributed by atoms with van der Waals surface area (Å²) in [7, 11) is 0. The molecule has 0 heterocycles. The van der Waals surface area contributed by atoms with Gasteiger partial charge >= 0.3 is 11.9 Å². The largest absolute Gasteiger partial charge is 0.478 e. The molecule has 2 rings (SSSR count). The van der Waals surface area contributed by atoms with Crippen molar-refractivity contribution < 1.29 is 19.4 Å². The van der Waals surface area contributed by atoms with Gasteiger partial charge in [0.25, 0.3) is 0 Å². The van der Waals surface area contributed by atoms with Crippen molar-refractivity contribution in [3.63, 3.8) is 0 Å². The first-order valence-electron chi connectivity index (χ1n) is 7.99. The number of rotatable bonds is 6. The molecule has 0 radical (unpaired) electrons. The number of para-hydroxylation sites is 1. The summed E-state index contributed by atoms with van der Waals surface area (Å²) in [6.45, 7) is 5.59. The van der Waals surface area contributed by atoms with Crippen molar-refractivity contribution in [3.05, 3.63) is 64.7 Å². The predicted molar refractivity (Wildman–Crippen MR) is 92.5 cm³/mol. The van der Waals surface area contributed by atoms with Crippen LogP contribution in [0.2, 0.25) is 0 Å². The molecule has 4 heteroatoms. The van der Waals surface area contributed by atoms with Crippen LogP contribution in [0.1, 0.15) is 47.8 Å². The van der Waals surface area contributed by atoms with Crippen LogP contribution in [-0.4, -0.2) is 17.0 Å². The monoisotopic (exact) mass is 326 g/mol. The number of carboxylic acid groups (broad SMARTS) is 1. The summed E-state index contributed by atoms with van der Waals surface area (Å²) in [6, 6.07) is 13.0. The van der Waals surface area contributed by atoms with Crippen LogP contribution in [0.15, 0.2) is 42.5 Å². The number of carbonyl (C=O) groups excluding carboxylic acids is 1. The van der Waals surface area contributed by atoms with E-state index in [-0.39, 0.29) is 11.3 Å². The van der Waals surface area contributed by atoms with Crippen molar-refractivity contribution in [1.82, 2.24) is 0 Å². The number of hydrogen-bond acceptors (Lipinski definition) is 3. The fourth-order valence-corrected chi connectivity index (χ4v) is 2.73. The Morgan fingerprint density at radius 2 is 1.62 bits per heavy atom. The van der Waals surface area contributed by atoms with Gasteiger partial charge in [-0.25, -0.2) is 4.79 Å². The van der Waals surface area contributed by atoms with Gasteiger partial charge < -0.3 is 9.84 Å². The highest BCUT2D eigenvalue weighted by molar-refractivity contribution is 5.92. The molecule has 4 nitrogen and oxygen atoms in total. The minimum Gasteiger partial charge on any atom is -0.478 e. The Bertz CT molecular complexity index is 747. The van der Waals surface area contributed by atoms with Gasteiger partial charge in [0.1, 0.15) is 11.3 Å². The molecular formula is C20H22O4. The number of carboxylic acids is 1. The minimum atomic E-state index is -1.11. The third kappa shape index (κ3) is 4.44. The number of ether oxygens (including phenoxy) is 1. The molecule has 1 N–H and O–H groups in total. The lowest BCUT2D eigenvalue weighted by molar-refractivity contribution is -0.131. The van der Waals surface area contributed by atoms with E-state index in [1.165, 1.54) is 18.6 Å². The molecule has 0 amide bonds. The van der Waals surface area contributed by atoms with Gasteiger partial charge in [0, 0.05) is 18.9 Å². The first-order valence-corrected chi connectivity index (χ1v) is 7.99. The molecule has 0 aliphatic heterocycles. The van der Waals surface area contributed by atoms with Crippen LogP contribution in [0, 0.1) is 5.92 Å². The summed E-state index contributed by atoms with van der Waals surface area (Å²) in [5, 5.41) is 9.35. The highest BCUT2D eigenvalue weighted by Gasteiger charge is 2.18. The molecule has 0 unspecified atom stereocenters. The van der Waals surface area contributed by atoms with E-state index in [0.29, 0.717) is 17.9 Å². The zero-order valence-electron chi connectivity index (χ0n) is 14.2. The quantitative estimate of drug-likeness (QED) is 0.641. The summed E-state index contributed by atoms with van der Waals surface area (Å²) in [4.78, 5) is 22.8. The van der Waals surface area contributed by atoms with Crippen LogP contribution in [0.3, 0.4) is 0 Å². The van der Waals surface area contributed by atoms with Crippen molar-refractivity contribution in [2.75, 3.05) is 0 Å². The van der Waals surface area contributed by atoms with E-state index in [9.17, 15) is 14.7 Å². The second-order valence-electron chi connectivity index (χ2n) is 6.24. The average molecular weight is 326 g/mol. The fourth-order valence-electron chi connectivity index (χ4n) is 2.73. The zero-order chi connectivity index (χ0) is 17.7. The van der Waals surface area contributed by atoms with Crippen molar-refractivity contribution in [3.8, 4) is 5.75 Å². The molecule has 0 saturated heterocycles. The lowest BCUT2D eigenvalue weighted by Gasteiger charge is -2.15. The molecule has 0 atom stereocenters. The molecule has 2 aromatic rings. The van der Waals surface area contributed by atoms with Crippen LogP contribution in [0.5, 0.6) is 5.75 Å². The molecule has 2 aromatic carbocycles. The third-order valence-electron chi connectivity index (χ3n) is 3.70. The van der Waals surface area contributed by atoms with Crippen molar-refractivity contribution in [1.29, 1.82) is 0 Å². The Morgan fingerprint density at radius 3 is 2.21 bits per heavy atom. The van der Waals surface area contributed by atoms with Crippen LogP contribution < -0.4 is 4.74 Å². The number of carbonyl (C=O) groups is 2. The maximum atomic E-state index is 11.4. The molecule has 0 spiro atoms.